The number of nitrogens with zero attached hydrogens (tertiary/aromatic N) is 3. The number of anilines is 1. The van der Waals surface area contributed by atoms with Crippen molar-refractivity contribution in [3.05, 3.63) is 18.1 Å². The summed E-state index contributed by atoms with van der Waals surface area (Å²) in [7, 11) is 0. The first kappa shape index (κ1) is 9.71. The van der Waals surface area contributed by atoms with Crippen LogP contribution in [0.1, 0.15) is 19.0 Å². The minimum atomic E-state index is 0.242. The molecular formula is C10H14ClN3. The lowest BCUT2D eigenvalue weighted by Crippen LogP contribution is -2.28. The fourth-order valence-corrected chi connectivity index (χ4v) is 2.35. The lowest BCUT2D eigenvalue weighted by Gasteiger charge is -2.23. The van der Waals surface area contributed by atoms with Crippen LogP contribution in [0.3, 0.4) is 0 Å². The summed E-state index contributed by atoms with van der Waals surface area (Å²) in [6.07, 6.45) is 4.48. The zero-order valence-corrected chi connectivity index (χ0v) is 9.20. The second-order valence-corrected chi connectivity index (χ2v) is 4.42. The smallest absolute Gasteiger partial charge is 0.150 e. The lowest BCUT2D eigenvalue weighted by molar-refractivity contribution is 0.723. The van der Waals surface area contributed by atoms with Crippen molar-refractivity contribution in [2.24, 2.45) is 0 Å². The largest absolute Gasteiger partial charge is 0.351 e. The maximum absolute atomic E-state index is 6.11. The molecule has 0 amide bonds. The number of aryl methyl sites for hydroxylation is 1. The number of alkyl halides is 1. The highest BCUT2D eigenvalue weighted by Gasteiger charge is 2.29. The van der Waals surface area contributed by atoms with Gasteiger partial charge in [-0.05, 0) is 20.3 Å². The van der Waals surface area contributed by atoms with Crippen molar-refractivity contribution in [3.8, 4) is 0 Å². The monoisotopic (exact) mass is 211 g/mol. The van der Waals surface area contributed by atoms with Gasteiger partial charge in [0.05, 0.1) is 11.1 Å². The Hall–Kier alpha value is -0.830. The van der Waals surface area contributed by atoms with Gasteiger partial charge >= 0.3 is 0 Å². The van der Waals surface area contributed by atoms with E-state index in [1.807, 2.05) is 6.92 Å². The van der Waals surface area contributed by atoms with E-state index in [4.69, 9.17) is 11.6 Å². The Morgan fingerprint density at radius 1 is 1.43 bits per heavy atom. The van der Waals surface area contributed by atoms with Gasteiger partial charge in [-0.3, -0.25) is 4.98 Å². The molecule has 0 aromatic carbocycles. The van der Waals surface area contributed by atoms with Crippen LogP contribution in [0.25, 0.3) is 0 Å². The summed E-state index contributed by atoms with van der Waals surface area (Å²) in [4.78, 5) is 10.8. The Bertz CT molecular complexity index is 329. The molecule has 2 heterocycles. The maximum Gasteiger partial charge on any atom is 0.150 e. The van der Waals surface area contributed by atoms with Gasteiger partial charge in [0.1, 0.15) is 5.82 Å². The van der Waals surface area contributed by atoms with Gasteiger partial charge in [0, 0.05) is 25.0 Å². The standard InChI is InChI=1S/C10H14ClN3/c1-7-5-9(11)6-14(7)10-8(2)12-3-4-13-10/h3-4,7,9H,5-6H2,1-2H3. The summed E-state index contributed by atoms with van der Waals surface area (Å²) < 4.78 is 0. The van der Waals surface area contributed by atoms with E-state index in [-0.39, 0.29) is 5.38 Å². The van der Waals surface area contributed by atoms with Gasteiger partial charge in [0.15, 0.2) is 0 Å². The van der Waals surface area contributed by atoms with Gasteiger partial charge in [-0.2, -0.15) is 0 Å². The van der Waals surface area contributed by atoms with Crippen molar-refractivity contribution in [2.45, 2.75) is 31.7 Å². The third-order valence-corrected chi connectivity index (χ3v) is 2.97. The van der Waals surface area contributed by atoms with Gasteiger partial charge in [-0.25, -0.2) is 4.98 Å². The highest BCUT2D eigenvalue weighted by atomic mass is 35.5. The van der Waals surface area contributed by atoms with Crippen LogP contribution < -0.4 is 4.90 Å². The summed E-state index contributed by atoms with van der Waals surface area (Å²) in [5.74, 6) is 0.975. The van der Waals surface area contributed by atoms with E-state index in [2.05, 4.69) is 21.8 Å². The van der Waals surface area contributed by atoms with Crippen LogP contribution in [-0.2, 0) is 0 Å². The van der Waals surface area contributed by atoms with E-state index in [0.29, 0.717) is 6.04 Å². The van der Waals surface area contributed by atoms with Crippen molar-refractivity contribution >= 4 is 17.4 Å². The molecule has 4 heteroatoms. The molecule has 1 aromatic heterocycles. The number of aromatic nitrogens is 2. The zero-order chi connectivity index (χ0) is 10.1. The van der Waals surface area contributed by atoms with E-state index in [1.165, 1.54) is 0 Å². The van der Waals surface area contributed by atoms with Crippen molar-refractivity contribution in [1.82, 2.24) is 9.97 Å². The average Bonchev–Trinajstić information content (AvgIpc) is 2.46. The van der Waals surface area contributed by atoms with Crippen LogP contribution in [0.2, 0.25) is 0 Å². The third kappa shape index (κ3) is 1.69. The van der Waals surface area contributed by atoms with Gasteiger partial charge in [-0.1, -0.05) is 0 Å². The molecule has 0 N–H and O–H groups in total. The predicted octanol–water partition coefficient (Wildman–Crippen LogP) is 1.99. The Labute approximate surface area is 89.1 Å². The molecule has 1 fully saturated rings. The Kier molecular flexibility index (Phi) is 2.59. The molecule has 0 spiro atoms. The highest BCUT2D eigenvalue weighted by molar-refractivity contribution is 6.21. The number of rotatable bonds is 1. The summed E-state index contributed by atoms with van der Waals surface area (Å²) in [5.41, 5.74) is 0.977. The SMILES string of the molecule is Cc1nccnc1N1CC(Cl)CC1C. The second kappa shape index (κ2) is 3.73. The van der Waals surface area contributed by atoms with Gasteiger partial charge in [0.2, 0.25) is 0 Å². The van der Waals surface area contributed by atoms with Crippen molar-refractivity contribution < 1.29 is 0 Å². The number of hydrogen-bond donors (Lipinski definition) is 0. The number of hydrogen-bond acceptors (Lipinski definition) is 3. The van der Waals surface area contributed by atoms with Gasteiger partial charge < -0.3 is 4.90 Å². The summed E-state index contributed by atoms with van der Waals surface area (Å²) in [6, 6.07) is 0.466. The fraction of sp³-hybridized carbons (Fsp3) is 0.600. The molecule has 3 nitrogen and oxygen atoms in total. The molecule has 2 atom stereocenters. The normalized spacial score (nSPS) is 26.9. The molecule has 1 aliphatic rings. The molecule has 1 aromatic rings. The molecule has 0 saturated carbocycles. The minimum absolute atomic E-state index is 0.242. The summed E-state index contributed by atoms with van der Waals surface area (Å²) in [5, 5.41) is 0.242. The Balaban J connectivity index is 2.27. The molecule has 1 saturated heterocycles. The van der Waals surface area contributed by atoms with Crippen LogP contribution in [0, 0.1) is 6.92 Å². The van der Waals surface area contributed by atoms with Crippen LogP contribution >= 0.6 is 11.6 Å². The quantitative estimate of drug-likeness (QED) is 0.666. The fourth-order valence-electron chi connectivity index (χ4n) is 1.94. The molecule has 14 heavy (non-hydrogen) atoms. The molecule has 0 radical (unpaired) electrons. The van der Waals surface area contributed by atoms with Crippen LogP contribution in [0.5, 0.6) is 0 Å². The van der Waals surface area contributed by atoms with Crippen molar-refractivity contribution in [1.29, 1.82) is 0 Å². The average molecular weight is 212 g/mol. The maximum atomic E-state index is 6.11. The lowest BCUT2D eigenvalue weighted by atomic mass is 10.2. The van der Waals surface area contributed by atoms with Crippen LogP contribution in [-0.4, -0.2) is 27.9 Å². The van der Waals surface area contributed by atoms with Crippen LogP contribution in [0.4, 0.5) is 5.82 Å². The summed E-state index contributed by atoms with van der Waals surface area (Å²) in [6.45, 7) is 5.04. The zero-order valence-electron chi connectivity index (χ0n) is 8.44. The Morgan fingerprint density at radius 3 is 2.71 bits per heavy atom. The van der Waals surface area contributed by atoms with E-state index in [1.54, 1.807) is 12.4 Å². The van der Waals surface area contributed by atoms with E-state index < -0.39 is 0 Å². The predicted molar refractivity (Wildman–Crippen MR) is 57.8 cm³/mol. The Morgan fingerprint density at radius 2 is 2.14 bits per heavy atom. The molecular weight excluding hydrogens is 198 g/mol. The molecule has 0 aliphatic carbocycles. The molecule has 0 bridgehead atoms. The van der Waals surface area contributed by atoms with Gasteiger partial charge in [0.25, 0.3) is 0 Å². The molecule has 2 rings (SSSR count). The first-order chi connectivity index (χ1) is 6.68. The molecule has 76 valence electrons. The first-order valence-electron chi connectivity index (χ1n) is 4.87. The van der Waals surface area contributed by atoms with E-state index in [9.17, 15) is 0 Å². The van der Waals surface area contributed by atoms with E-state index >= 15 is 0 Å². The van der Waals surface area contributed by atoms with Gasteiger partial charge in [-0.15, -0.1) is 11.6 Å². The minimum Gasteiger partial charge on any atom is -0.351 e. The first-order valence-corrected chi connectivity index (χ1v) is 5.30. The molecule has 1 aliphatic heterocycles. The summed E-state index contributed by atoms with van der Waals surface area (Å²) >= 11 is 6.11. The highest BCUT2D eigenvalue weighted by Crippen LogP contribution is 2.27. The van der Waals surface area contributed by atoms with Crippen LogP contribution in [0.15, 0.2) is 12.4 Å². The number of halogens is 1. The van der Waals surface area contributed by atoms with Crippen molar-refractivity contribution in [2.75, 3.05) is 11.4 Å². The van der Waals surface area contributed by atoms with E-state index in [0.717, 1.165) is 24.5 Å². The molecule has 2 unspecified atom stereocenters. The third-order valence-electron chi connectivity index (χ3n) is 2.65. The topological polar surface area (TPSA) is 29.0 Å². The second-order valence-electron chi connectivity index (χ2n) is 3.80. The van der Waals surface area contributed by atoms with Crippen molar-refractivity contribution in [3.63, 3.8) is 0 Å².